The molecule has 0 bridgehead atoms. The van der Waals surface area contributed by atoms with Gasteiger partial charge in [0.05, 0.1) is 30.1 Å². The lowest BCUT2D eigenvalue weighted by molar-refractivity contribution is -0.117. The van der Waals surface area contributed by atoms with Crippen LogP contribution in [0.5, 0.6) is 5.75 Å². The van der Waals surface area contributed by atoms with E-state index in [2.05, 4.69) is 27.7 Å². The molecular formula is C32H32N4O3S. The van der Waals surface area contributed by atoms with Crippen LogP contribution in [-0.2, 0) is 9.59 Å². The molecule has 1 saturated heterocycles. The van der Waals surface area contributed by atoms with Crippen molar-refractivity contribution in [2.75, 3.05) is 30.0 Å². The second-order valence-electron chi connectivity index (χ2n) is 10.3. The van der Waals surface area contributed by atoms with E-state index in [-0.39, 0.29) is 29.7 Å². The number of fused-ring (bicyclic) bond motifs is 1. The third kappa shape index (κ3) is 5.23. The van der Waals surface area contributed by atoms with Crippen molar-refractivity contribution in [3.8, 4) is 5.75 Å². The maximum atomic E-state index is 13.8. The molecule has 3 unspecified atom stereocenters. The van der Waals surface area contributed by atoms with Crippen LogP contribution in [0.15, 0.2) is 95.1 Å². The first-order chi connectivity index (χ1) is 19.5. The summed E-state index contributed by atoms with van der Waals surface area (Å²) in [6.45, 7) is 2.69. The van der Waals surface area contributed by atoms with E-state index in [1.54, 1.807) is 18.9 Å². The van der Waals surface area contributed by atoms with Crippen molar-refractivity contribution in [2.45, 2.75) is 31.7 Å². The molecule has 2 heterocycles. The number of anilines is 2. The van der Waals surface area contributed by atoms with E-state index in [0.717, 1.165) is 41.6 Å². The zero-order valence-corrected chi connectivity index (χ0v) is 23.4. The molecule has 0 radical (unpaired) electrons. The second kappa shape index (κ2) is 11.2. The molecule has 3 aromatic rings. The summed E-state index contributed by atoms with van der Waals surface area (Å²) in [6.07, 6.45) is 1.86. The number of thioether (sulfide) groups is 1. The van der Waals surface area contributed by atoms with E-state index < -0.39 is 0 Å². The van der Waals surface area contributed by atoms with E-state index in [9.17, 15) is 9.59 Å². The van der Waals surface area contributed by atoms with Crippen LogP contribution >= 0.6 is 11.8 Å². The fraction of sp³-hybridized carbons (Fsp3) is 0.281. The third-order valence-corrected chi connectivity index (χ3v) is 8.76. The number of ether oxygens (including phenoxy) is 1. The first kappa shape index (κ1) is 26.2. The quantitative estimate of drug-likeness (QED) is 0.365. The molecule has 1 saturated carbocycles. The first-order valence-corrected chi connectivity index (χ1v) is 14.6. The summed E-state index contributed by atoms with van der Waals surface area (Å²) in [5.41, 5.74) is 4.77. The minimum absolute atomic E-state index is 0.0256. The van der Waals surface area contributed by atoms with Gasteiger partial charge in [-0.15, -0.1) is 0 Å². The molecule has 6 rings (SSSR count). The molecule has 204 valence electrons. The Hall–Kier alpha value is -4.04. The number of carbonyl (C=O) groups excluding carboxylic acids is 2. The van der Waals surface area contributed by atoms with Gasteiger partial charge in [0, 0.05) is 23.9 Å². The number of nitrogens with one attached hydrogen (secondary N) is 2. The summed E-state index contributed by atoms with van der Waals surface area (Å²) >= 11 is 1.72. The number of benzene rings is 3. The molecule has 3 aliphatic rings. The predicted octanol–water partition coefficient (Wildman–Crippen LogP) is 6.20. The first-order valence-electron chi connectivity index (χ1n) is 13.6. The highest BCUT2D eigenvalue weighted by molar-refractivity contribution is 8.13. The number of rotatable bonds is 7. The Bertz CT molecular complexity index is 1500. The van der Waals surface area contributed by atoms with Crippen LogP contribution < -0.4 is 15.4 Å². The zero-order valence-electron chi connectivity index (χ0n) is 22.6. The van der Waals surface area contributed by atoms with Gasteiger partial charge in [0.2, 0.25) is 5.91 Å². The summed E-state index contributed by atoms with van der Waals surface area (Å²) in [6, 6.07) is 25.1. The van der Waals surface area contributed by atoms with E-state index in [1.165, 1.54) is 5.56 Å². The molecule has 7 nitrogen and oxygen atoms in total. The van der Waals surface area contributed by atoms with Gasteiger partial charge in [0.15, 0.2) is 5.17 Å². The normalized spacial score (nSPS) is 21.7. The number of allylic oxidation sites excluding steroid dienone is 1. The summed E-state index contributed by atoms with van der Waals surface area (Å²) in [4.78, 5) is 34.0. The van der Waals surface area contributed by atoms with Gasteiger partial charge in [-0.05, 0) is 61.1 Å². The van der Waals surface area contributed by atoms with E-state index >= 15 is 0 Å². The third-order valence-electron chi connectivity index (χ3n) is 7.68. The summed E-state index contributed by atoms with van der Waals surface area (Å²) in [7, 11) is 1.59. The van der Waals surface area contributed by atoms with Gasteiger partial charge < -0.3 is 20.3 Å². The molecule has 3 aromatic carbocycles. The number of carbonyl (C=O) groups is 2. The highest BCUT2D eigenvalue weighted by atomic mass is 32.2. The summed E-state index contributed by atoms with van der Waals surface area (Å²) < 4.78 is 5.46. The van der Waals surface area contributed by atoms with Crippen molar-refractivity contribution in [1.29, 1.82) is 0 Å². The molecule has 0 aromatic heterocycles. The fourth-order valence-corrected chi connectivity index (χ4v) is 6.64. The Morgan fingerprint density at radius 1 is 0.975 bits per heavy atom. The lowest BCUT2D eigenvalue weighted by atomic mass is 9.93. The number of amidine groups is 1. The Kier molecular flexibility index (Phi) is 7.34. The van der Waals surface area contributed by atoms with Gasteiger partial charge >= 0.3 is 0 Å². The van der Waals surface area contributed by atoms with Crippen LogP contribution in [-0.4, -0.2) is 41.3 Å². The Morgan fingerprint density at radius 3 is 2.58 bits per heavy atom. The molecular weight excluding hydrogens is 520 g/mol. The maximum Gasteiger partial charge on any atom is 0.255 e. The molecule has 2 amide bonds. The van der Waals surface area contributed by atoms with Gasteiger partial charge in [-0.2, -0.15) is 0 Å². The van der Waals surface area contributed by atoms with Crippen LogP contribution in [0.1, 0.15) is 42.9 Å². The van der Waals surface area contributed by atoms with Crippen molar-refractivity contribution >= 4 is 40.1 Å². The second-order valence-corrected chi connectivity index (χ2v) is 11.4. The van der Waals surface area contributed by atoms with Gasteiger partial charge in [-0.25, -0.2) is 4.99 Å². The average molecular weight is 553 g/mol. The number of hydrogen-bond acceptors (Lipinski definition) is 6. The maximum absolute atomic E-state index is 13.8. The lowest BCUT2D eigenvalue weighted by Gasteiger charge is -2.41. The van der Waals surface area contributed by atoms with Crippen LogP contribution in [0.25, 0.3) is 0 Å². The smallest absolute Gasteiger partial charge is 0.255 e. The number of para-hydroxylation sites is 2. The molecule has 2 N–H and O–H groups in total. The highest BCUT2D eigenvalue weighted by Crippen LogP contribution is 2.48. The van der Waals surface area contributed by atoms with E-state index in [0.29, 0.717) is 22.7 Å². The fourth-order valence-electron chi connectivity index (χ4n) is 5.62. The van der Waals surface area contributed by atoms with Crippen molar-refractivity contribution in [2.24, 2.45) is 10.9 Å². The number of nitrogens with zero attached hydrogens (tertiary/aromatic N) is 2. The van der Waals surface area contributed by atoms with Crippen molar-refractivity contribution < 1.29 is 14.3 Å². The molecule has 2 aliphatic heterocycles. The predicted molar refractivity (Wildman–Crippen MR) is 161 cm³/mol. The van der Waals surface area contributed by atoms with E-state index in [4.69, 9.17) is 9.73 Å². The zero-order chi connectivity index (χ0) is 27.6. The Morgan fingerprint density at radius 2 is 1.75 bits per heavy atom. The van der Waals surface area contributed by atoms with Crippen molar-refractivity contribution in [1.82, 2.24) is 4.90 Å². The van der Waals surface area contributed by atoms with E-state index in [1.807, 2.05) is 73.7 Å². The van der Waals surface area contributed by atoms with Gasteiger partial charge in [0.25, 0.3) is 5.91 Å². The molecule has 40 heavy (non-hydrogen) atoms. The number of aliphatic imine (C=N–C) groups is 1. The van der Waals surface area contributed by atoms with Gasteiger partial charge in [-0.3, -0.25) is 9.59 Å². The highest BCUT2D eigenvalue weighted by Gasteiger charge is 2.44. The Labute approximate surface area is 238 Å². The van der Waals surface area contributed by atoms with Crippen LogP contribution in [0.2, 0.25) is 0 Å². The van der Waals surface area contributed by atoms with Crippen LogP contribution in [0, 0.1) is 5.92 Å². The van der Waals surface area contributed by atoms with Gasteiger partial charge in [0.1, 0.15) is 5.75 Å². The molecule has 3 atom stereocenters. The van der Waals surface area contributed by atoms with Gasteiger partial charge in [-0.1, -0.05) is 66.4 Å². The molecule has 2 fully saturated rings. The summed E-state index contributed by atoms with van der Waals surface area (Å²) in [5.74, 6) is 1.65. The van der Waals surface area contributed by atoms with Crippen LogP contribution in [0.4, 0.5) is 11.4 Å². The van der Waals surface area contributed by atoms with Crippen LogP contribution in [0.3, 0.4) is 0 Å². The Balaban J connectivity index is 1.28. The molecule has 1 aliphatic carbocycles. The largest absolute Gasteiger partial charge is 0.495 e. The minimum atomic E-state index is -0.329. The van der Waals surface area contributed by atoms with Crippen molar-refractivity contribution in [3.63, 3.8) is 0 Å². The summed E-state index contributed by atoms with van der Waals surface area (Å²) in [5, 5.41) is 7.12. The lowest BCUT2D eigenvalue weighted by Crippen LogP contribution is -2.43. The monoisotopic (exact) mass is 552 g/mol. The van der Waals surface area contributed by atoms with Crippen molar-refractivity contribution in [3.05, 3.63) is 101 Å². The number of amides is 2. The topological polar surface area (TPSA) is 83.0 Å². The number of methoxy groups -OCH3 is 1. The standard InChI is InChI=1S/C32H32N4O3S/c1-20-28(31(38)35-26-14-6-7-15-27(26)39-2)29(36-16-9-17-40-32(36)33-20)22-12-8-13-23(18-22)34-30(37)25-19-24(25)21-10-4-3-5-11-21/h3-8,10-15,18,24-25,29H,9,16-17,19H2,1-2H3,(H,34,37)(H,35,38). The number of hydrogen-bond donors (Lipinski definition) is 2. The molecule has 8 heteroatoms. The minimum Gasteiger partial charge on any atom is -0.495 e. The molecule has 0 spiro atoms. The average Bonchev–Trinajstić information content (AvgIpc) is 3.79. The SMILES string of the molecule is COc1ccccc1NC(=O)C1=C(C)N=C2SCCCN2C1c1cccc(NC(=O)C2CC2c2ccccc2)c1.